The molecule has 0 unspecified atom stereocenters. The Bertz CT molecular complexity index is 595. The van der Waals surface area contributed by atoms with Crippen LogP contribution in [0.1, 0.15) is 42.3 Å². The summed E-state index contributed by atoms with van der Waals surface area (Å²) >= 11 is 0. The largest absolute Gasteiger partial charge is 0.490 e. The predicted octanol–water partition coefficient (Wildman–Crippen LogP) is 2.81. The van der Waals surface area contributed by atoms with E-state index in [2.05, 4.69) is 10.1 Å². The Kier molecular flexibility index (Phi) is 5.31. The third kappa shape index (κ3) is 3.81. The maximum absolute atomic E-state index is 11.1. The van der Waals surface area contributed by atoms with Crippen molar-refractivity contribution in [1.29, 1.82) is 0 Å². The summed E-state index contributed by atoms with van der Waals surface area (Å²) in [4.78, 5) is 15.3. The molecule has 0 atom stereocenters. The van der Waals surface area contributed by atoms with Crippen molar-refractivity contribution in [3.05, 3.63) is 35.5 Å². The molecule has 0 spiro atoms. The fraction of sp³-hybridized carbons (Fsp3) is 0.400. The molecule has 6 heteroatoms. The van der Waals surface area contributed by atoms with Gasteiger partial charge in [0.25, 0.3) is 0 Å². The molecular weight excluding hydrogens is 272 g/mol. The third-order valence-electron chi connectivity index (χ3n) is 2.76. The summed E-state index contributed by atoms with van der Waals surface area (Å²) in [7, 11) is 0. The molecule has 0 aliphatic carbocycles. The number of rotatable bonds is 8. The van der Waals surface area contributed by atoms with Crippen molar-refractivity contribution in [3.8, 4) is 11.5 Å². The van der Waals surface area contributed by atoms with Gasteiger partial charge in [0.1, 0.15) is 0 Å². The van der Waals surface area contributed by atoms with E-state index in [0.717, 1.165) is 19.1 Å². The number of aromatic nitrogens is 2. The first-order chi connectivity index (χ1) is 10.3. The number of aryl methyl sites for hydroxylation is 1. The Morgan fingerprint density at radius 3 is 2.86 bits per heavy atom. The van der Waals surface area contributed by atoms with Gasteiger partial charge >= 0.3 is 0 Å². The Labute approximate surface area is 123 Å². The first-order valence-electron chi connectivity index (χ1n) is 6.93. The lowest BCUT2D eigenvalue weighted by Gasteiger charge is -2.12. The zero-order valence-electron chi connectivity index (χ0n) is 12.2. The van der Waals surface area contributed by atoms with E-state index in [1.807, 2.05) is 13.8 Å². The number of carbonyl (C=O) groups excluding carboxylic acids is 1. The maximum Gasteiger partial charge on any atom is 0.226 e. The minimum absolute atomic E-state index is 0.123. The molecule has 2 rings (SSSR count). The zero-order chi connectivity index (χ0) is 15.1. The fourth-order valence-electron chi connectivity index (χ4n) is 1.85. The maximum atomic E-state index is 11.1. The monoisotopic (exact) mass is 290 g/mol. The van der Waals surface area contributed by atoms with Crippen LogP contribution >= 0.6 is 0 Å². The second-order valence-corrected chi connectivity index (χ2v) is 4.37. The van der Waals surface area contributed by atoms with Crippen molar-refractivity contribution in [2.24, 2.45) is 0 Å². The van der Waals surface area contributed by atoms with E-state index in [-0.39, 0.29) is 6.61 Å². The minimum atomic E-state index is 0.123. The highest BCUT2D eigenvalue weighted by Crippen LogP contribution is 2.30. The van der Waals surface area contributed by atoms with Gasteiger partial charge in [-0.2, -0.15) is 4.98 Å². The van der Waals surface area contributed by atoms with Gasteiger partial charge in [0, 0.05) is 6.42 Å². The third-order valence-corrected chi connectivity index (χ3v) is 2.76. The van der Waals surface area contributed by atoms with E-state index in [1.54, 1.807) is 18.2 Å². The van der Waals surface area contributed by atoms with Crippen LogP contribution < -0.4 is 9.47 Å². The van der Waals surface area contributed by atoms with E-state index in [0.29, 0.717) is 35.4 Å². The topological polar surface area (TPSA) is 74.5 Å². The fourth-order valence-corrected chi connectivity index (χ4v) is 1.85. The molecule has 2 aromatic rings. The number of benzene rings is 1. The molecule has 112 valence electrons. The molecule has 0 saturated heterocycles. The van der Waals surface area contributed by atoms with Gasteiger partial charge in [0.2, 0.25) is 11.7 Å². The Morgan fingerprint density at radius 1 is 1.29 bits per heavy atom. The molecule has 21 heavy (non-hydrogen) atoms. The number of aldehydes is 1. The van der Waals surface area contributed by atoms with Gasteiger partial charge in [-0.05, 0) is 25.5 Å². The highest BCUT2D eigenvalue weighted by molar-refractivity contribution is 5.81. The second-order valence-electron chi connectivity index (χ2n) is 4.37. The van der Waals surface area contributed by atoms with Crippen LogP contribution in [0.3, 0.4) is 0 Å². The van der Waals surface area contributed by atoms with Gasteiger partial charge in [0.05, 0.1) is 12.2 Å². The summed E-state index contributed by atoms with van der Waals surface area (Å²) in [6, 6.07) is 5.17. The second kappa shape index (κ2) is 7.42. The Hall–Kier alpha value is -2.37. The lowest BCUT2D eigenvalue weighted by atomic mass is 10.2. The Morgan fingerprint density at radius 2 is 2.14 bits per heavy atom. The van der Waals surface area contributed by atoms with Crippen molar-refractivity contribution >= 4 is 6.29 Å². The normalized spacial score (nSPS) is 10.4. The van der Waals surface area contributed by atoms with Crippen LogP contribution in [0.2, 0.25) is 0 Å². The number of carbonyl (C=O) groups is 1. The van der Waals surface area contributed by atoms with Gasteiger partial charge in [-0.15, -0.1) is 0 Å². The summed E-state index contributed by atoms with van der Waals surface area (Å²) in [6.45, 7) is 4.52. The molecule has 6 nitrogen and oxygen atoms in total. The molecule has 1 aromatic carbocycles. The highest BCUT2D eigenvalue weighted by Gasteiger charge is 2.13. The molecule has 1 aromatic heterocycles. The van der Waals surface area contributed by atoms with E-state index in [9.17, 15) is 4.79 Å². The summed E-state index contributed by atoms with van der Waals surface area (Å²) in [5, 5.41) is 3.84. The summed E-state index contributed by atoms with van der Waals surface area (Å²) in [5.41, 5.74) is 0.429. The quantitative estimate of drug-likeness (QED) is 0.696. The zero-order valence-corrected chi connectivity index (χ0v) is 12.2. The van der Waals surface area contributed by atoms with Gasteiger partial charge in [-0.25, -0.2) is 0 Å². The number of ether oxygens (including phenoxy) is 2. The Balaban J connectivity index is 2.12. The number of para-hydroxylation sites is 1. The van der Waals surface area contributed by atoms with Crippen LogP contribution in [0, 0.1) is 0 Å². The molecule has 0 N–H and O–H groups in total. The van der Waals surface area contributed by atoms with Crippen molar-refractivity contribution < 1.29 is 18.8 Å². The molecular formula is C15H18N2O4. The molecule has 0 fully saturated rings. The minimum Gasteiger partial charge on any atom is -0.490 e. The SMILES string of the molecule is CCCc1nc(COc2c(C=O)cccc2OCC)no1. The van der Waals surface area contributed by atoms with Crippen LogP contribution in [0.5, 0.6) is 11.5 Å². The average molecular weight is 290 g/mol. The van der Waals surface area contributed by atoms with Crippen molar-refractivity contribution in [2.75, 3.05) is 6.61 Å². The number of nitrogens with zero attached hydrogens (tertiary/aromatic N) is 2. The van der Waals surface area contributed by atoms with Gasteiger partial charge in [-0.1, -0.05) is 18.1 Å². The lowest BCUT2D eigenvalue weighted by molar-refractivity contribution is 0.111. The van der Waals surface area contributed by atoms with Crippen LogP contribution in [0.4, 0.5) is 0 Å². The standard InChI is InChI=1S/C15H18N2O4/c1-3-6-14-16-13(17-21-14)10-20-15-11(9-18)7-5-8-12(15)19-4-2/h5,7-9H,3-4,6,10H2,1-2H3. The lowest BCUT2D eigenvalue weighted by Crippen LogP contribution is -2.03. The molecule has 0 aliphatic heterocycles. The molecule has 0 amide bonds. The molecule has 1 heterocycles. The van der Waals surface area contributed by atoms with Crippen molar-refractivity contribution in [2.45, 2.75) is 33.3 Å². The summed E-state index contributed by atoms with van der Waals surface area (Å²) in [5.74, 6) is 1.96. The number of hydrogen-bond donors (Lipinski definition) is 0. The van der Waals surface area contributed by atoms with E-state index in [4.69, 9.17) is 14.0 Å². The molecule has 0 aliphatic rings. The number of hydrogen-bond acceptors (Lipinski definition) is 6. The van der Waals surface area contributed by atoms with E-state index < -0.39 is 0 Å². The summed E-state index contributed by atoms with van der Waals surface area (Å²) < 4.78 is 16.2. The van der Waals surface area contributed by atoms with Crippen LogP contribution in [0.15, 0.2) is 22.7 Å². The van der Waals surface area contributed by atoms with Crippen molar-refractivity contribution in [3.63, 3.8) is 0 Å². The average Bonchev–Trinajstić information content (AvgIpc) is 2.94. The molecule has 0 saturated carbocycles. The van der Waals surface area contributed by atoms with Crippen LogP contribution in [-0.4, -0.2) is 23.0 Å². The van der Waals surface area contributed by atoms with Crippen molar-refractivity contribution in [1.82, 2.24) is 10.1 Å². The highest BCUT2D eigenvalue weighted by atomic mass is 16.5. The predicted molar refractivity (Wildman–Crippen MR) is 75.6 cm³/mol. The first-order valence-corrected chi connectivity index (χ1v) is 6.93. The smallest absolute Gasteiger partial charge is 0.226 e. The van der Waals surface area contributed by atoms with Gasteiger partial charge in [-0.3, -0.25) is 4.79 Å². The molecule has 0 radical (unpaired) electrons. The van der Waals surface area contributed by atoms with E-state index in [1.165, 1.54) is 0 Å². The van der Waals surface area contributed by atoms with Gasteiger partial charge < -0.3 is 14.0 Å². The summed E-state index contributed by atoms with van der Waals surface area (Å²) in [6.07, 6.45) is 2.41. The van der Waals surface area contributed by atoms with Gasteiger partial charge in [0.15, 0.2) is 24.4 Å². The van der Waals surface area contributed by atoms with Crippen LogP contribution in [-0.2, 0) is 13.0 Å². The van der Waals surface area contributed by atoms with E-state index >= 15 is 0 Å². The molecule has 0 bridgehead atoms. The first kappa shape index (κ1) is 15.0. The van der Waals surface area contributed by atoms with Crippen LogP contribution in [0.25, 0.3) is 0 Å².